The largest absolute Gasteiger partial charge is 0.473 e. The Bertz CT molecular complexity index is 1720. The van der Waals surface area contributed by atoms with Crippen LogP contribution in [0.4, 0.5) is 8.78 Å². The number of halogens is 2. The van der Waals surface area contributed by atoms with E-state index in [1.165, 1.54) is 18.2 Å². The molecule has 0 amide bonds. The van der Waals surface area contributed by atoms with Crippen LogP contribution >= 0.6 is 0 Å². The van der Waals surface area contributed by atoms with Crippen LogP contribution in [0.1, 0.15) is 35.4 Å². The van der Waals surface area contributed by atoms with Gasteiger partial charge in [0.2, 0.25) is 5.88 Å². The van der Waals surface area contributed by atoms with Gasteiger partial charge in [-0.15, -0.1) is 0 Å². The van der Waals surface area contributed by atoms with Gasteiger partial charge in [0.25, 0.3) is 0 Å². The van der Waals surface area contributed by atoms with Gasteiger partial charge in [-0.25, -0.2) is 18.7 Å². The van der Waals surface area contributed by atoms with Gasteiger partial charge in [-0.1, -0.05) is 30.3 Å². The number of imidazole rings is 1. The molecule has 3 aromatic carbocycles. The zero-order valence-electron chi connectivity index (χ0n) is 21.7. The first-order chi connectivity index (χ1) is 19.6. The van der Waals surface area contributed by atoms with Gasteiger partial charge in [-0.05, 0) is 60.9 Å². The molecule has 1 unspecified atom stereocenters. The third-order valence-corrected chi connectivity index (χ3v) is 7.10. The molecular weight excluding hydrogens is 510 g/mol. The highest BCUT2D eigenvalue weighted by Gasteiger charge is 2.20. The number of pyridine rings is 1. The molecule has 1 atom stereocenters. The zero-order chi connectivity index (χ0) is 27.5. The molecule has 0 N–H and O–H groups in total. The summed E-state index contributed by atoms with van der Waals surface area (Å²) >= 11 is 0. The summed E-state index contributed by atoms with van der Waals surface area (Å²) in [4.78, 5) is 9.28. The number of aromatic nitrogens is 3. The van der Waals surface area contributed by atoms with Gasteiger partial charge in [0.05, 0.1) is 41.0 Å². The number of hydrogen-bond acceptors (Lipinski definition) is 5. The Kier molecular flexibility index (Phi) is 7.21. The van der Waals surface area contributed by atoms with Crippen molar-refractivity contribution in [3.63, 3.8) is 0 Å². The average Bonchev–Trinajstić information content (AvgIpc) is 3.61. The molecule has 0 radical (unpaired) electrons. The van der Waals surface area contributed by atoms with E-state index in [0.717, 1.165) is 54.5 Å². The average molecular weight is 537 g/mol. The van der Waals surface area contributed by atoms with Crippen molar-refractivity contribution in [2.45, 2.75) is 38.5 Å². The number of hydrogen-bond donors (Lipinski definition) is 0. The summed E-state index contributed by atoms with van der Waals surface area (Å²) in [6.07, 6.45) is 2.72. The lowest BCUT2D eigenvalue weighted by Crippen LogP contribution is -2.17. The molecule has 2 aromatic heterocycles. The van der Waals surface area contributed by atoms with Crippen molar-refractivity contribution in [3.8, 4) is 23.2 Å². The van der Waals surface area contributed by atoms with Gasteiger partial charge in [-0.3, -0.25) is 0 Å². The van der Waals surface area contributed by atoms with Gasteiger partial charge in [0.15, 0.2) is 0 Å². The molecule has 200 valence electrons. The molecule has 0 spiro atoms. The summed E-state index contributed by atoms with van der Waals surface area (Å²) < 4.78 is 43.3. The SMILES string of the molecule is N#Cc1ccc(COc2cccc(-c3ccc(Cc4nc5ccccc5n4CC4CCCO4)cc3F)n2)c(F)c1. The van der Waals surface area contributed by atoms with Gasteiger partial charge in [0, 0.05) is 30.2 Å². The van der Waals surface area contributed by atoms with Crippen LogP contribution in [0.5, 0.6) is 5.88 Å². The van der Waals surface area contributed by atoms with E-state index in [-0.39, 0.29) is 24.2 Å². The first-order valence-electron chi connectivity index (χ1n) is 13.2. The molecule has 0 bridgehead atoms. The van der Waals surface area contributed by atoms with E-state index < -0.39 is 11.6 Å². The molecule has 6 rings (SSSR count). The lowest BCUT2D eigenvalue weighted by Gasteiger charge is -2.14. The summed E-state index contributed by atoms with van der Waals surface area (Å²) in [6, 6.07) is 24.3. The Morgan fingerprint density at radius 2 is 1.88 bits per heavy atom. The molecule has 5 aromatic rings. The van der Waals surface area contributed by atoms with Crippen molar-refractivity contribution in [3.05, 3.63) is 113 Å². The van der Waals surface area contributed by atoms with Crippen molar-refractivity contribution < 1.29 is 18.3 Å². The lowest BCUT2D eigenvalue weighted by molar-refractivity contribution is 0.0973. The molecule has 3 heterocycles. The van der Waals surface area contributed by atoms with Gasteiger partial charge < -0.3 is 14.0 Å². The van der Waals surface area contributed by atoms with Gasteiger partial charge in [0.1, 0.15) is 24.1 Å². The van der Waals surface area contributed by atoms with E-state index in [4.69, 9.17) is 19.7 Å². The summed E-state index contributed by atoms with van der Waals surface area (Å²) in [7, 11) is 0. The Labute approximate surface area is 230 Å². The maximum absolute atomic E-state index is 15.4. The fourth-order valence-corrected chi connectivity index (χ4v) is 5.05. The molecule has 1 aliphatic rings. The van der Waals surface area contributed by atoms with Crippen molar-refractivity contribution in [2.75, 3.05) is 6.61 Å². The zero-order valence-corrected chi connectivity index (χ0v) is 21.7. The minimum atomic E-state index is -0.527. The topological polar surface area (TPSA) is 73.0 Å². The van der Waals surface area contributed by atoms with E-state index in [9.17, 15) is 4.39 Å². The number of fused-ring (bicyclic) bond motifs is 1. The van der Waals surface area contributed by atoms with Gasteiger partial charge in [-0.2, -0.15) is 5.26 Å². The Balaban J connectivity index is 1.20. The highest BCUT2D eigenvalue weighted by atomic mass is 19.1. The van der Waals surface area contributed by atoms with Crippen LogP contribution in [0, 0.1) is 23.0 Å². The number of ether oxygens (including phenoxy) is 2. The van der Waals surface area contributed by atoms with Crippen LogP contribution in [0.3, 0.4) is 0 Å². The summed E-state index contributed by atoms with van der Waals surface area (Å²) in [5.41, 5.74) is 4.04. The second kappa shape index (κ2) is 11.2. The molecule has 1 aliphatic heterocycles. The fourth-order valence-electron chi connectivity index (χ4n) is 5.05. The number of rotatable bonds is 8. The van der Waals surface area contributed by atoms with E-state index in [1.54, 1.807) is 24.3 Å². The van der Waals surface area contributed by atoms with Crippen LogP contribution < -0.4 is 4.74 Å². The minimum absolute atomic E-state index is 0.0671. The van der Waals surface area contributed by atoms with E-state index in [2.05, 4.69) is 15.6 Å². The smallest absolute Gasteiger partial charge is 0.214 e. The van der Waals surface area contributed by atoms with Crippen molar-refractivity contribution in [1.82, 2.24) is 14.5 Å². The third-order valence-electron chi connectivity index (χ3n) is 7.10. The number of benzene rings is 3. The van der Waals surface area contributed by atoms with Crippen LogP contribution in [0.25, 0.3) is 22.3 Å². The number of para-hydroxylation sites is 2. The first-order valence-corrected chi connectivity index (χ1v) is 13.2. The molecule has 40 heavy (non-hydrogen) atoms. The van der Waals surface area contributed by atoms with Crippen LogP contribution in [-0.2, 0) is 24.3 Å². The number of nitriles is 1. The normalized spacial score (nSPS) is 14.9. The molecule has 1 fully saturated rings. The van der Waals surface area contributed by atoms with Crippen molar-refractivity contribution in [1.29, 1.82) is 5.26 Å². The summed E-state index contributed by atoms with van der Waals surface area (Å²) in [5, 5.41) is 8.91. The molecule has 8 heteroatoms. The van der Waals surface area contributed by atoms with Crippen molar-refractivity contribution >= 4 is 11.0 Å². The first kappa shape index (κ1) is 25.7. The van der Waals surface area contributed by atoms with Crippen LogP contribution in [0.2, 0.25) is 0 Å². The lowest BCUT2D eigenvalue weighted by atomic mass is 10.1. The maximum atomic E-state index is 15.4. The van der Waals surface area contributed by atoms with Crippen LogP contribution in [0.15, 0.2) is 78.9 Å². The Hall–Kier alpha value is -4.61. The van der Waals surface area contributed by atoms with Crippen LogP contribution in [-0.4, -0.2) is 27.2 Å². The summed E-state index contributed by atoms with van der Waals surface area (Å²) in [6.45, 7) is 1.44. The quantitative estimate of drug-likeness (QED) is 0.224. The Morgan fingerprint density at radius 3 is 2.67 bits per heavy atom. The predicted molar refractivity (Wildman–Crippen MR) is 147 cm³/mol. The maximum Gasteiger partial charge on any atom is 0.214 e. The molecule has 6 nitrogen and oxygen atoms in total. The van der Waals surface area contributed by atoms with E-state index in [1.807, 2.05) is 30.3 Å². The summed E-state index contributed by atoms with van der Waals surface area (Å²) in [5.74, 6) is 0.184. The Morgan fingerprint density at radius 1 is 0.975 bits per heavy atom. The second-order valence-electron chi connectivity index (χ2n) is 9.82. The molecule has 0 aliphatic carbocycles. The minimum Gasteiger partial charge on any atom is -0.473 e. The van der Waals surface area contributed by atoms with Crippen molar-refractivity contribution in [2.24, 2.45) is 0 Å². The molecular formula is C32H26F2N4O2. The number of nitrogens with zero attached hydrogens (tertiary/aromatic N) is 4. The highest BCUT2D eigenvalue weighted by molar-refractivity contribution is 5.76. The standard InChI is InChI=1S/C32H26F2N4O2/c33-26-16-22(18-35)10-12-23(26)20-40-32-9-3-7-28(37-32)25-13-11-21(15-27(25)34)17-31-36-29-6-1-2-8-30(29)38(31)19-24-5-4-14-39-24/h1-3,6-13,15-16,24H,4-5,14,17,19-20H2. The second-order valence-corrected chi connectivity index (χ2v) is 9.82. The molecule has 0 saturated carbocycles. The highest BCUT2D eigenvalue weighted by Crippen LogP contribution is 2.27. The van der Waals surface area contributed by atoms with E-state index in [0.29, 0.717) is 23.2 Å². The fraction of sp³-hybridized carbons (Fsp3) is 0.219. The molecule has 1 saturated heterocycles. The van der Waals surface area contributed by atoms with Gasteiger partial charge >= 0.3 is 0 Å². The predicted octanol–water partition coefficient (Wildman–Crippen LogP) is 6.60. The van der Waals surface area contributed by atoms with E-state index >= 15 is 4.39 Å². The monoisotopic (exact) mass is 536 g/mol. The third kappa shape index (κ3) is 5.42.